The number of nitrogens with zero attached hydrogens (tertiary/aromatic N) is 4. The zero-order chi connectivity index (χ0) is 26.6. The summed E-state index contributed by atoms with van der Waals surface area (Å²) in [5, 5.41) is 6.84. The Kier molecular flexibility index (Phi) is 7.72. The molecule has 9 nitrogen and oxygen atoms in total. The van der Waals surface area contributed by atoms with Crippen molar-refractivity contribution in [2.75, 3.05) is 18.2 Å². The van der Waals surface area contributed by atoms with Gasteiger partial charge >= 0.3 is 0 Å². The van der Waals surface area contributed by atoms with Crippen molar-refractivity contribution in [1.82, 2.24) is 19.3 Å². The van der Waals surface area contributed by atoms with Gasteiger partial charge in [0.1, 0.15) is 16.2 Å². The van der Waals surface area contributed by atoms with Gasteiger partial charge in [-0.2, -0.15) is 0 Å². The fourth-order valence-corrected chi connectivity index (χ4v) is 6.03. The molecule has 0 radical (unpaired) electrons. The van der Waals surface area contributed by atoms with Gasteiger partial charge < -0.3 is 19.1 Å². The number of carbonyl (C=O) groups excluding carboxylic acids is 1. The van der Waals surface area contributed by atoms with Gasteiger partial charge in [0.2, 0.25) is 5.91 Å². The van der Waals surface area contributed by atoms with Gasteiger partial charge in [-0.15, -0.1) is 0 Å². The van der Waals surface area contributed by atoms with E-state index in [2.05, 4.69) is 22.6 Å². The van der Waals surface area contributed by atoms with Gasteiger partial charge in [-0.05, 0) is 43.3 Å². The number of amides is 1. The molecule has 5 aromatic rings. The van der Waals surface area contributed by atoms with Crippen molar-refractivity contribution in [3.8, 4) is 11.4 Å². The van der Waals surface area contributed by atoms with Gasteiger partial charge in [-0.25, -0.2) is 4.98 Å². The number of para-hydroxylation sites is 2. The van der Waals surface area contributed by atoms with Crippen LogP contribution >= 0.6 is 35.3 Å². The average Bonchev–Trinajstić information content (AvgIpc) is 3.48. The van der Waals surface area contributed by atoms with Gasteiger partial charge in [0.25, 0.3) is 5.56 Å². The van der Waals surface area contributed by atoms with Crippen molar-refractivity contribution in [3.63, 3.8) is 0 Å². The SMILES string of the molecule is COc1ccccc1-n1c(SCC(=O)Nc2cc(C)on2)nc2c(sc(=S)n2CCc2ccccc2)c1=O. The number of ether oxygens (including phenoxy) is 1. The molecule has 0 saturated heterocycles. The molecule has 0 spiro atoms. The van der Waals surface area contributed by atoms with Crippen molar-refractivity contribution >= 4 is 57.4 Å². The number of methoxy groups -OCH3 is 1. The number of fused-ring (bicyclic) bond motifs is 1. The fraction of sp³-hybridized carbons (Fsp3) is 0.192. The molecule has 194 valence electrons. The predicted octanol–water partition coefficient (Wildman–Crippen LogP) is 5.26. The van der Waals surface area contributed by atoms with Gasteiger partial charge in [0.05, 0.1) is 18.6 Å². The second-order valence-electron chi connectivity index (χ2n) is 8.27. The Bertz CT molecular complexity index is 1720. The highest BCUT2D eigenvalue weighted by Gasteiger charge is 2.21. The predicted molar refractivity (Wildman–Crippen MR) is 151 cm³/mol. The summed E-state index contributed by atoms with van der Waals surface area (Å²) in [7, 11) is 1.54. The molecule has 0 saturated carbocycles. The van der Waals surface area contributed by atoms with Crippen LogP contribution in [0.3, 0.4) is 0 Å². The molecule has 3 aromatic heterocycles. The first-order valence-electron chi connectivity index (χ1n) is 11.6. The van der Waals surface area contributed by atoms with Crippen LogP contribution in [0.15, 0.2) is 75.1 Å². The smallest absolute Gasteiger partial charge is 0.278 e. The topological polar surface area (TPSA) is 104 Å². The molecule has 38 heavy (non-hydrogen) atoms. The molecular formula is C26H23N5O4S3. The number of anilines is 1. The van der Waals surface area contributed by atoms with Crippen LogP contribution in [0, 0.1) is 10.9 Å². The molecule has 3 heterocycles. The molecule has 0 aliphatic heterocycles. The van der Waals surface area contributed by atoms with E-state index in [1.807, 2.05) is 34.9 Å². The van der Waals surface area contributed by atoms with Crippen LogP contribution in [-0.2, 0) is 17.8 Å². The van der Waals surface area contributed by atoms with E-state index in [1.165, 1.54) is 15.9 Å². The number of carbonyl (C=O) groups is 1. The summed E-state index contributed by atoms with van der Waals surface area (Å²) < 4.78 is 14.9. The van der Waals surface area contributed by atoms with E-state index >= 15 is 0 Å². The first-order valence-corrected chi connectivity index (χ1v) is 13.9. The minimum atomic E-state index is -0.310. The van der Waals surface area contributed by atoms with Gasteiger partial charge in [-0.1, -0.05) is 70.7 Å². The lowest BCUT2D eigenvalue weighted by molar-refractivity contribution is -0.113. The first-order chi connectivity index (χ1) is 18.4. The summed E-state index contributed by atoms with van der Waals surface area (Å²) in [6.07, 6.45) is 0.736. The zero-order valence-corrected chi connectivity index (χ0v) is 23.0. The lowest BCUT2D eigenvalue weighted by Gasteiger charge is -2.15. The maximum absolute atomic E-state index is 13.9. The minimum absolute atomic E-state index is 0.00606. The van der Waals surface area contributed by atoms with E-state index in [-0.39, 0.29) is 17.2 Å². The molecule has 2 aromatic carbocycles. The number of thioether (sulfide) groups is 1. The third kappa shape index (κ3) is 5.42. The summed E-state index contributed by atoms with van der Waals surface area (Å²) >= 11 is 8.02. The highest BCUT2D eigenvalue weighted by Crippen LogP contribution is 2.29. The molecule has 1 amide bonds. The van der Waals surface area contributed by atoms with Crippen LogP contribution in [0.25, 0.3) is 16.0 Å². The Labute approximate surface area is 231 Å². The number of aromatic nitrogens is 4. The number of nitrogens with one attached hydrogen (secondary N) is 1. The van der Waals surface area contributed by atoms with Crippen LogP contribution in [0.1, 0.15) is 11.3 Å². The number of hydrogen-bond donors (Lipinski definition) is 1. The van der Waals surface area contributed by atoms with Crippen LogP contribution in [0.4, 0.5) is 5.82 Å². The van der Waals surface area contributed by atoms with Crippen LogP contribution in [0.5, 0.6) is 5.75 Å². The maximum Gasteiger partial charge on any atom is 0.278 e. The lowest BCUT2D eigenvalue weighted by atomic mass is 10.1. The van der Waals surface area contributed by atoms with Crippen LogP contribution < -0.4 is 15.6 Å². The second-order valence-corrected chi connectivity index (χ2v) is 10.9. The molecule has 0 unspecified atom stereocenters. The number of hydrogen-bond acceptors (Lipinski definition) is 9. The molecule has 0 aliphatic rings. The van der Waals surface area contributed by atoms with Crippen molar-refractivity contribution in [3.05, 3.63) is 86.3 Å². The third-order valence-electron chi connectivity index (χ3n) is 5.68. The fourth-order valence-electron chi connectivity index (χ4n) is 3.92. The van der Waals surface area contributed by atoms with E-state index in [0.29, 0.717) is 49.0 Å². The van der Waals surface area contributed by atoms with E-state index in [1.54, 1.807) is 32.2 Å². The molecule has 0 bridgehead atoms. The van der Waals surface area contributed by atoms with Crippen LogP contribution in [-0.4, -0.2) is 38.0 Å². The van der Waals surface area contributed by atoms with E-state index < -0.39 is 0 Å². The number of benzene rings is 2. The Hall–Kier alpha value is -3.74. The standard InChI is InChI=1S/C26H23N5O4S3/c1-16-14-20(29-35-16)27-21(32)15-37-25-28-23-22(24(33)31(25)18-10-6-7-11-19(18)34-2)38-26(36)30(23)13-12-17-8-4-3-5-9-17/h3-11,14H,12-13,15H2,1-2H3,(H,27,29,32). The lowest BCUT2D eigenvalue weighted by Crippen LogP contribution is -2.23. The summed E-state index contributed by atoms with van der Waals surface area (Å²) in [4.78, 5) is 31.4. The largest absolute Gasteiger partial charge is 0.495 e. The van der Waals surface area contributed by atoms with Crippen molar-refractivity contribution < 1.29 is 14.1 Å². The van der Waals surface area contributed by atoms with Gasteiger partial charge in [-0.3, -0.25) is 14.2 Å². The molecule has 0 aliphatic carbocycles. The van der Waals surface area contributed by atoms with Crippen molar-refractivity contribution in [2.45, 2.75) is 25.0 Å². The van der Waals surface area contributed by atoms with Crippen molar-refractivity contribution in [2.24, 2.45) is 0 Å². The Balaban J connectivity index is 1.55. The Morgan fingerprint density at radius 3 is 2.68 bits per heavy atom. The summed E-state index contributed by atoms with van der Waals surface area (Å²) in [6, 6.07) is 18.9. The average molecular weight is 566 g/mol. The summed E-state index contributed by atoms with van der Waals surface area (Å²) in [6.45, 7) is 2.31. The zero-order valence-electron chi connectivity index (χ0n) is 20.5. The minimum Gasteiger partial charge on any atom is -0.495 e. The number of rotatable bonds is 9. The molecule has 12 heteroatoms. The molecule has 0 atom stereocenters. The van der Waals surface area contributed by atoms with Gasteiger partial charge in [0.15, 0.2) is 20.6 Å². The van der Waals surface area contributed by atoms with Crippen molar-refractivity contribution in [1.29, 1.82) is 0 Å². The molecule has 1 N–H and O–H groups in total. The van der Waals surface area contributed by atoms with E-state index in [9.17, 15) is 9.59 Å². The van der Waals surface area contributed by atoms with Gasteiger partial charge in [0, 0.05) is 12.6 Å². The van der Waals surface area contributed by atoms with E-state index in [0.717, 1.165) is 23.7 Å². The second kappa shape index (κ2) is 11.3. The monoisotopic (exact) mass is 565 g/mol. The molecule has 5 rings (SSSR count). The summed E-state index contributed by atoms with van der Waals surface area (Å²) in [5.41, 5.74) is 1.91. The highest BCUT2D eigenvalue weighted by atomic mass is 32.2. The Morgan fingerprint density at radius 1 is 1.18 bits per heavy atom. The normalized spacial score (nSPS) is 11.1. The molecular weight excluding hydrogens is 543 g/mol. The third-order valence-corrected chi connectivity index (χ3v) is 8.04. The summed E-state index contributed by atoms with van der Waals surface area (Å²) in [5.74, 6) is 1.10. The first kappa shape index (κ1) is 25.9. The molecule has 0 fully saturated rings. The van der Waals surface area contributed by atoms with E-state index in [4.69, 9.17) is 26.5 Å². The maximum atomic E-state index is 13.9. The van der Waals surface area contributed by atoms with Crippen LogP contribution in [0.2, 0.25) is 0 Å². The number of aryl methyl sites for hydroxylation is 3. The highest BCUT2D eigenvalue weighted by molar-refractivity contribution is 7.99. The number of thiazole rings is 1. The Morgan fingerprint density at radius 2 is 1.95 bits per heavy atom. The quantitative estimate of drug-likeness (QED) is 0.147.